The third-order valence-electron chi connectivity index (χ3n) is 8.51. The van der Waals surface area contributed by atoms with Gasteiger partial charge in [0, 0.05) is 24.1 Å². The van der Waals surface area contributed by atoms with E-state index in [4.69, 9.17) is 0 Å². The second-order valence-corrected chi connectivity index (χ2v) is 12.9. The van der Waals surface area contributed by atoms with Crippen molar-refractivity contribution in [3.63, 3.8) is 0 Å². The van der Waals surface area contributed by atoms with Crippen LogP contribution in [0.1, 0.15) is 79.4 Å². The molecule has 1 aliphatic carbocycles. The van der Waals surface area contributed by atoms with E-state index in [0.29, 0.717) is 30.5 Å². The van der Waals surface area contributed by atoms with Crippen molar-refractivity contribution in [3.05, 3.63) is 131 Å². The smallest absolute Gasteiger partial charge is 0.251 e. The van der Waals surface area contributed by atoms with E-state index in [-0.39, 0.29) is 17.2 Å². The maximum atomic E-state index is 13.4. The molecule has 2 amide bonds. The Morgan fingerprint density at radius 1 is 0.773 bits per heavy atom. The van der Waals surface area contributed by atoms with Gasteiger partial charge >= 0.3 is 0 Å². The number of benzene rings is 4. The molecule has 0 bridgehead atoms. The number of carbonyl (C=O) groups is 2. The van der Waals surface area contributed by atoms with Crippen LogP contribution in [0.15, 0.2) is 109 Å². The lowest BCUT2D eigenvalue weighted by Gasteiger charge is -2.20. The van der Waals surface area contributed by atoms with Gasteiger partial charge < -0.3 is 16.0 Å². The standard InChI is InChI=1S/C39H45N3O2/c1-39(2,3)33-23-17-28(18-24-33)27-41-38(44)35(16-10-11-25-40-36-26-34(36)31-14-8-5-9-15-31)42-37(43)32-21-19-30(20-22-32)29-12-6-4-7-13-29/h4-9,12-15,17-24,34-36,40H,10-11,16,25-27H2,1-3H3,(H,41,44)(H,42,43)/t34-,35?,36+/m0/s1. The highest BCUT2D eigenvalue weighted by molar-refractivity contribution is 5.97. The van der Waals surface area contributed by atoms with Gasteiger partial charge in [0.05, 0.1) is 0 Å². The molecule has 3 atom stereocenters. The van der Waals surface area contributed by atoms with Crippen LogP contribution < -0.4 is 16.0 Å². The predicted molar refractivity (Wildman–Crippen MR) is 180 cm³/mol. The van der Waals surface area contributed by atoms with Crippen molar-refractivity contribution in [2.75, 3.05) is 6.54 Å². The van der Waals surface area contributed by atoms with E-state index in [2.05, 4.69) is 91.3 Å². The van der Waals surface area contributed by atoms with E-state index in [0.717, 1.165) is 36.1 Å². The number of nitrogens with one attached hydrogen (secondary N) is 3. The molecule has 0 spiro atoms. The first-order chi connectivity index (χ1) is 21.3. The van der Waals surface area contributed by atoms with Crippen LogP contribution in [0.4, 0.5) is 0 Å². The van der Waals surface area contributed by atoms with Crippen LogP contribution in [-0.2, 0) is 16.8 Å². The van der Waals surface area contributed by atoms with Gasteiger partial charge in [-0.1, -0.05) is 118 Å². The minimum atomic E-state index is -0.608. The zero-order valence-electron chi connectivity index (χ0n) is 26.2. The van der Waals surface area contributed by atoms with E-state index in [1.807, 2.05) is 54.6 Å². The van der Waals surface area contributed by atoms with Gasteiger partial charge in [0.2, 0.25) is 5.91 Å². The van der Waals surface area contributed by atoms with E-state index >= 15 is 0 Å². The van der Waals surface area contributed by atoms with Crippen LogP contribution in [0.2, 0.25) is 0 Å². The van der Waals surface area contributed by atoms with E-state index in [1.165, 1.54) is 17.5 Å². The van der Waals surface area contributed by atoms with Gasteiger partial charge in [-0.25, -0.2) is 0 Å². The summed E-state index contributed by atoms with van der Waals surface area (Å²) in [5.74, 6) is 0.208. The first-order valence-electron chi connectivity index (χ1n) is 15.9. The summed E-state index contributed by atoms with van der Waals surface area (Å²) in [5, 5.41) is 9.76. The van der Waals surface area contributed by atoms with Gasteiger partial charge in [-0.3, -0.25) is 9.59 Å². The molecule has 3 N–H and O–H groups in total. The SMILES string of the molecule is CC(C)(C)c1ccc(CNC(=O)C(CCCCN[C@@H]2C[C@H]2c2ccccc2)NC(=O)c2ccc(-c3ccccc3)cc2)cc1. The minimum Gasteiger partial charge on any atom is -0.350 e. The van der Waals surface area contributed by atoms with Gasteiger partial charge in [-0.05, 0) is 77.6 Å². The summed E-state index contributed by atoms with van der Waals surface area (Å²) in [6.45, 7) is 7.89. The highest BCUT2D eigenvalue weighted by Crippen LogP contribution is 2.40. The van der Waals surface area contributed by atoms with Crippen molar-refractivity contribution in [1.82, 2.24) is 16.0 Å². The lowest BCUT2D eigenvalue weighted by atomic mass is 9.87. The Morgan fingerprint density at radius 3 is 2.07 bits per heavy atom. The normalized spacial score (nSPS) is 16.6. The molecule has 44 heavy (non-hydrogen) atoms. The van der Waals surface area contributed by atoms with Crippen LogP contribution in [0.5, 0.6) is 0 Å². The third-order valence-corrected chi connectivity index (χ3v) is 8.51. The zero-order chi connectivity index (χ0) is 30.9. The van der Waals surface area contributed by atoms with Gasteiger partial charge in [-0.15, -0.1) is 0 Å². The second-order valence-electron chi connectivity index (χ2n) is 12.9. The number of hydrogen-bond donors (Lipinski definition) is 3. The predicted octanol–water partition coefficient (Wildman–Crippen LogP) is 7.38. The Balaban J connectivity index is 1.16. The summed E-state index contributed by atoms with van der Waals surface area (Å²) in [6, 6.07) is 36.6. The van der Waals surface area contributed by atoms with Crippen LogP contribution in [0.25, 0.3) is 11.1 Å². The first-order valence-corrected chi connectivity index (χ1v) is 15.9. The Hall–Kier alpha value is -4.22. The Labute approximate surface area is 262 Å². The molecule has 4 aromatic rings. The number of amides is 2. The topological polar surface area (TPSA) is 70.2 Å². The monoisotopic (exact) mass is 587 g/mol. The number of unbranched alkanes of at least 4 members (excludes halogenated alkanes) is 1. The molecule has 1 unspecified atom stereocenters. The van der Waals surface area contributed by atoms with Gasteiger partial charge in [-0.2, -0.15) is 0 Å². The molecule has 5 rings (SSSR count). The fraction of sp³-hybridized carbons (Fsp3) is 0.333. The molecule has 0 saturated heterocycles. The molecular weight excluding hydrogens is 542 g/mol. The van der Waals surface area contributed by atoms with Crippen molar-refractivity contribution in [3.8, 4) is 11.1 Å². The van der Waals surface area contributed by atoms with Crippen LogP contribution in [-0.4, -0.2) is 30.4 Å². The highest BCUT2D eigenvalue weighted by atomic mass is 16.2. The van der Waals surface area contributed by atoms with Crippen molar-refractivity contribution in [2.45, 2.75) is 76.4 Å². The third kappa shape index (κ3) is 8.67. The summed E-state index contributed by atoms with van der Waals surface area (Å²) >= 11 is 0. The quantitative estimate of drug-likeness (QED) is 0.143. The van der Waals surface area contributed by atoms with Gasteiger partial charge in [0.15, 0.2) is 0 Å². The molecule has 0 heterocycles. The Morgan fingerprint density at radius 2 is 1.41 bits per heavy atom. The average molecular weight is 588 g/mol. The molecule has 0 radical (unpaired) electrons. The fourth-order valence-corrected chi connectivity index (χ4v) is 5.64. The summed E-state index contributed by atoms with van der Waals surface area (Å²) < 4.78 is 0. The van der Waals surface area contributed by atoms with Crippen LogP contribution in [0, 0.1) is 0 Å². The molecule has 228 valence electrons. The van der Waals surface area contributed by atoms with Crippen molar-refractivity contribution in [2.24, 2.45) is 0 Å². The number of carbonyl (C=O) groups excluding carboxylic acids is 2. The van der Waals surface area contributed by atoms with Crippen LogP contribution >= 0.6 is 0 Å². The molecule has 0 aliphatic heterocycles. The molecule has 1 aliphatic rings. The molecule has 4 aromatic carbocycles. The Bertz CT molecular complexity index is 1490. The summed E-state index contributed by atoms with van der Waals surface area (Å²) in [7, 11) is 0. The maximum Gasteiger partial charge on any atom is 0.251 e. The molecule has 1 fully saturated rings. The van der Waals surface area contributed by atoms with Crippen molar-refractivity contribution < 1.29 is 9.59 Å². The molecular formula is C39H45N3O2. The van der Waals surface area contributed by atoms with Crippen molar-refractivity contribution >= 4 is 11.8 Å². The minimum absolute atomic E-state index is 0.0767. The summed E-state index contributed by atoms with van der Waals surface area (Å²) in [5.41, 5.74) is 6.46. The molecule has 5 nitrogen and oxygen atoms in total. The summed E-state index contributed by atoms with van der Waals surface area (Å²) in [6.07, 6.45) is 3.53. The average Bonchev–Trinajstić information content (AvgIpc) is 3.83. The highest BCUT2D eigenvalue weighted by Gasteiger charge is 2.37. The second kappa shape index (κ2) is 14.5. The van der Waals surface area contributed by atoms with Crippen molar-refractivity contribution in [1.29, 1.82) is 0 Å². The summed E-state index contributed by atoms with van der Waals surface area (Å²) in [4.78, 5) is 26.7. The Kier molecular flexibility index (Phi) is 10.3. The molecule has 5 heteroatoms. The maximum absolute atomic E-state index is 13.4. The fourth-order valence-electron chi connectivity index (χ4n) is 5.64. The van der Waals surface area contributed by atoms with Gasteiger partial charge in [0.25, 0.3) is 5.91 Å². The largest absolute Gasteiger partial charge is 0.350 e. The van der Waals surface area contributed by atoms with E-state index in [9.17, 15) is 9.59 Å². The lowest BCUT2D eigenvalue weighted by molar-refractivity contribution is -0.123. The van der Waals surface area contributed by atoms with Gasteiger partial charge in [0.1, 0.15) is 6.04 Å². The van der Waals surface area contributed by atoms with Crippen LogP contribution in [0.3, 0.4) is 0 Å². The van der Waals surface area contributed by atoms with E-state index in [1.54, 1.807) is 0 Å². The number of rotatable bonds is 13. The lowest BCUT2D eigenvalue weighted by Crippen LogP contribution is -2.46. The molecule has 0 aromatic heterocycles. The number of hydrogen-bond acceptors (Lipinski definition) is 3. The van der Waals surface area contributed by atoms with E-state index < -0.39 is 6.04 Å². The molecule has 1 saturated carbocycles. The zero-order valence-corrected chi connectivity index (χ0v) is 26.2. The first kappa shape index (κ1) is 31.2.